The topological polar surface area (TPSA) is 73.0 Å². The first kappa shape index (κ1) is 10.6. The second-order valence-electron chi connectivity index (χ2n) is 2.97. The minimum absolute atomic E-state index is 0.0805. The summed E-state index contributed by atoms with van der Waals surface area (Å²) < 4.78 is 2.16. The van der Waals surface area contributed by atoms with Crippen molar-refractivity contribution in [3.63, 3.8) is 0 Å². The monoisotopic (exact) mass is 282 g/mol. The van der Waals surface area contributed by atoms with Gasteiger partial charge in [-0.25, -0.2) is 0 Å². The van der Waals surface area contributed by atoms with Crippen molar-refractivity contribution < 1.29 is 4.92 Å². The summed E-state index contributed by atoms with van der Waals surface area (Å²) in [5, 5.41) is 10.8. The van der Waals surface area contributed by atoms with Crippen LogP contribution in [-0.4, -0.2) is 14.6 Å². The summed E-state index contributed by atoms with van der Waals surface area (Å²) in [5.74, 6) is 0. The molecule has 16 heavy (non-hydrogen) atoms. The SMILES string of the molecule is O=[N+]([O-])c1cncc(Br)c1Nn1cccc1. The number of halogens is 1. The number of hydrogen-bond acceptors (Lipinski definition) is 4. The number of nitro groups is 1. The Morgan fingerprint density at radius 1 is 1.38 bits per heavy atom. The fourth-order valence-electron chi connectivity index (χ4n) is 1.21. The summed E-state index contributed by atoms with van der Waals surface area (Å²) in [5.41, 5.74) is 3.18. The van der Waals surface area contributed by atoms with Gasteiger partial charge >= 0.3 is 5.69 Å². The van der Waals surface area contributed by atoms with Crippen molar-refractivity contribution in [2.45, 2.75) is 0 Å². The van der Waals surface area contributed by atoms with E-state index in [9.17, 15) is 10.1 Å². The van der Waals surface area contributed by atoms with E-state index in [1.165, 1.54) is 12.4 Å². The van der Waals surface area contributed by atoms with Crippen LogP contribution in [0.1, 0.15) is 0 Å². The summed E-state index contributed by atoms with van der Waals surface area (Å²) in [6.45, 7) is 0. The van der Waals surface area contributed by atoms with Gasteiger partial charge in [0.05, 0.1) is 9.40 Å². The minimum atomic E-state index is -0.483. The molecule has 2 aromatic rings. The van der Waals surface area contributed by atoms with Crippen molar-refractivity contribution in [2.75, 3.05) is 5.43 Å². The van der Waals surface area contributed by atoms with E-state index in [1.54, 1.807) is 17.1 Å². The molecule has 0 aliphatic rings. The van der Waals surface area contributed by atoms with E-state index in [0.29, 0.717) is 10.2 Å². The quantitative estimate of drug-likeness (QED) is 0.693. The van der Waals surface area contributed by atoms with Crippen LogP contribution in [0.4, 0.5) is 11.4 Å². The Hall–Kier alpha value is -1.89. The lowest BCUT2D eigenvalue weighted by Gasteiger charge is -2.09. The van der Waals surface area contributed by atoms with Crippen LogP contribution in [0.2, 0.25) is 0 Å². The van der Waals surface area contributed by atoms with Crippen LogP contribution in [0, 0.1) is 10.1 Å². The Bertz CT molecular complexity index is 512. The van der Waals surface area contributed by atoms with Gasteiger partial charge < -0.3 is 0 Å². The molecule has 82 valence electrons. The molecule has 0 radical (unpaired) electrons. The highest BCUT2D eigenvalue weighted by molar-refractivity contribution is 9.10. The molecule has 0 aliphatic carbocycles. The predicted molar refractivity (Wildman–Crippen MR) is 62.0 cm³/mol. The van der Waals surface area contributed by atoms with E-state index in [4.69, 9.17) is 0 Å². The molecule has 0 spiro atoms. The van der Waals surface area contributed by atoms with Gasteiger partial charge in [-0.3, -0.25) is 25.2 Å². The first-order valence-corrected chi connectivity index (χ1v) is 5.15. The van der Waals surface area contributed by atoms with Crippen molar-refractivity contribution in [3.05, 3.63) is 51.5 Å². The predicted octanol–water partition coefficient (Wildman–Crippen LogP) is 2.43. The standard InChI is InChI=1S/C9H7BrN4O2/c10-7-5-11-6-8(14(15)16)9(7)12-13-3-1-2-4-13/h1-6H,(H,11,12). The van der Waals surface area contributed by atoms with Gasteiger partial charge in [0, 0.05) is 18.6 Å². The first-order valence-electron chi connectivity index (χ1n) is 4.36. The van der Waals surface area contributed by atoms with Gasteiger partial charge in [0.25, 0.3) is 0 Å². The van der Waals surface area contributed by atoms with E-state index in [1.807, 2.05) is 12.1 Å². The van der Waals surface area contributed by atoms with E-state index < -0.39 is 4.92 Å². The fraction of sp³-hybridized carbons (Fsp3) is 0. The molecule has 0 saturated carbocycles. The third-order valence-electron chi connectivity index (χ3n) is 1.92. The summed E-state index contributed by atoms with van der Waals surface area (Å²) in [6, 6.07) is 3.63. The Balaban J connectivity index is 2.42. The number of rotatable bonds is 3. The van der Waals surface area contributed by atoms with Gasteiger partial charge in [-0.15, -0.1) is 0 Å². The van der Waals surface area contributed by atoms with E-state index in [2.05, 4.69) is 26.3 Å². The number of nitrogens with one attached hydrogen (secondary N) is 1. The smallest absolute Gasteiger partial charge is 0.287 e. The third kappa shape index (κ3) is 2.03. The second-order valence-corrected chi connectivity index (χ2v) is 3.83. The average molecular weight is 283 g/mol. The Morgan fingerprint density at radius 3 is 2.69 bits per heavy atom. The van der Waals surface area contributed by atoms with E-state index >= 15 is 0 Å². The third-order valence-corrected chi connectivity index (χ3v) is 2.52. The highest BCUT2D eigenvalue weighted by atomic mass is 79.9. The Labute approximate surface area is 99.2 Å². The Morgan fingerprint density at radius 2 is 2.06 bits per heavy atom. The fourth-order valence-corrected chi connectivity index (χ4v) is 1.62. The zero-order valence-corrected chi connectivity index (χ0v) is 9.59. The Kier molecular flexibility index (Phi) is 2.86. The van der Waals surface area contributed by atoms with Crippen molar-refractivity contribution in [2.24, 2.45) is 0 Å². The van der Waals surface area contributed by atoms with Gasteiger partial charge in [-0.1, -0.05) is 0 Å². The van der Waals surface area contributed by atoms with E-state index in [-0.39, 0.29) is 5.69 Å². The number of pyridine rings is 1. The summed E-state index contributed by atoms with van der Waals surface area (Å²) in [4.78, 5) is 14.1. The van der Waals surface area contributed by atoms with E-state index in [0.717, 1.165) is 0 Å². The molecule has 0 aromatic carbocycles. The minimum Gasteiger partial charge on any atom is -0.287 e. The molecule has 6 nitrogen and oxygen atoms in total. The van der Waals surface area contributed by atoms with Crippen molar-refractivity contribution in [1.82, 2.24) is 9.66 Å². The van der Waals surface area contributed by atoms with Crippen LogP contribution in [0.3, 0.4) is 0 Å². The lowest BCUT2D eigenvalue weighted by molar-refractivity contribution is -0.384. The van der Waals surface area contributed by atoms with Crippen LogP contribution < -0.4 is 5.43 Å². The average Bonchev–Trinajstić information content (AvgIpc) is 2.73. The zero-order valence-electron chi connectivity index (χ0n) is 8.00. The summed E-state index contributed by atoms with van der Waals surface area (Å²) in [6.07, 6.45) is 6.20. The molecular weight excluding hydrogens is 276 g/mol. The summed E-state index contributed by atoms with van der Waals surface area (Å²) in [7, 11) is 0. The van der Waals surface area contributed by atoms with Gasteiger partial charge in [-0.2, -0.15) is 0 Å². The summed E-state index contributed by atoms with van der Waals surface area (Å²) >= 11 is 3.22. The lowest BCUT2D eigenvalue weighted by Crippen LogP contribution is -2.08. The number of aromatic nitrogens is 2. The maximum Gasteiger partial charge on any atom is 0.313 e. The van der Waals surface area contributed by atoms with Crippen LogP contribution in [0.15, 0.2) is 41.4 Å². The maximum absolute atomic E-state index is 10.8. The molecule has 0 bridgehead atoms. The molecule has 2 aromatic heterocycles. The second kappa shape index (κ2) is 4.31. The maximum atomic E-state index is 10.8. The highest BCUT2D eigenvalue weighted by Gasteiger charge is 2.17. The molecule has 2 heterocycles. The van der Waals surface area contributed by atoms with Crippen LogP contribution >= 0.6 is 15.9 Å². The van der Waals surface area contributed by atoms with Crippen LogP contribution in [0.5, 0.6) is 0 Å². The molecular formula is C9H7BrN4O2. The molecule has 0 atom stereocenters. The molecule has 0 unspecified atom stereocenters. The van der Waals surface area contributed by atoms with Crippen molar-refractivity contribution in [3.8, 4) is 0 Å². The largest absolute Gasteiger partial charge is 0.313 e. The first-order chi connectivity index (χ1) is 7.68. The van der Waals surface area contributed by atoms with Gasteiger partial charge in [0.2, 0.25) is 0 Å². The molecule has 7 heteroatoms. The normalized spacial score (nSPS) is 10.1. The zero-order chi connectivity index (χ0) is 11.5. The molecule has 0 fully saturated rings. The number of nitrogens with zero attached hydrogens (tertiary/aromatic N) is 3. The lowest BCUT2D eigenvalue weighted by atomic mass is 10.3. The number of hydrogen-bond donors (Lipinski definition) is 1. The molecule has 0 saturated heterocycles. The van der Waals surface area contributed by atoms with Gasteiger partial charge in [0.15, 0.2) is 5.69 Å². The molecule has 0 aliphatic heterocycles. The molecule has 2 rings (SSSR count). The molecule has 1 N–H and O–H groups in total. The molecule has 0 amide bonds. The van der Waals surface area contributed by atoms with Crippen molar-refractivity contribution in [1.29, 1.82) is 0 Å². The highest BCUT2D eigenvalue weighted by Crippen LogP contribution is 2.30. The van der Waals surface area contributed by atoms with Crippen molar-refractivity contribution >= 4 is 27.3 Å². The number of anilines is 1. The van der Waals surface area contributed by atoms with Crippen LogP contribution in [0.25, 0.3) is 0 Å². The van der Waals surface area contributed by atoms with Gasteiger partial charge in [-0.05, 0) is 28.1 Å². The van der Waals surface area contributed by atoms with Crippen LogP contribution in [-0.2, 0) is 0 Å². The van der Waals surface area contributed by atoms with Gasteiger partial charge in [0.1, 0.15) is 6.20 Å².